The SMILES string of the molecule is CC(C)N(C)c1nc2cc(C(=O)SCC(C)(C)C)ccc2nc1-c1cc2cc(F)ccc2o1.CC(C)OC(=O)c1ccc2nc(-c3ccc(F)cc3)c(N3CCOC[C@@H]3C)nc2c1.CCCCSC(=O)c1ccc2nc(-c3cc4cc(F)ccc4o3)c(N(C)C(C)C)nc2c1.CCOC(=O)c1ccc2nc(-c3ccc(F)cc3)c(N3CCOC[C@@H]3C)nc2c1. The Kier molecular flexibility index (Phi) is 28.7. The monoisotopic (exact) mass is 1720 g/mol. The number of carbonyl (C=O) groups excluding carboxylic acids is 4. The first-order valence-electron chi connectivity index (χ1n) is 41.4. The zero-order chi connectivity index (χ0) is 88.4. The van der Waals surface area contributed by atoms with Crippen LogP contribution in [0.15, 0.2) is 179 Å². The lowest BCUT2D eigenvalue weighted by atomic mass is 10.0. The van der Waals surface area contributed by atoms with Gasteiger partial charge in [-0.15, -0.1) is 0 Å². The first-order chi connectivity index (χ1) is 59.4. The number of hydrogen-bond acceptors (Lipinski definition) is 24. The van der Waals surface area contributed by atoms with Gasteiger partial charge in [0.1, 0.15) is 57.2 Å². The van der Waals surface area contributed by atoms with Gasteiger partial charge in [-0.3, -0.25) is 9.59 Å². The van der Waals surface area contributed by atoms with E-state index in [1.165, 1.54) is 72.1 Å². The zero-order valence-corrected chi connectivity index (χ0v) is 73.7. The molecule has 0 radical (unpaired) electrons. The summed E-state index contributed by atoms with van der Waals surface area (Å²) in [7, 11) is 3.89. The van der Waals surface area contributed by atoms with Gasteiger partial charge in [-0.2, -0.15) is 0 Å². The van der Waals surface area contributed by atoms with Crippen LogP contribution in [0.1, 0.15) is 144 Å². The summed E-state index contributed by atoms with van der Waals surface area (Å²) >= 11 is 2.66. The fraction of sp³-hybridized carbons (Fsp3) is 0.333. The van der Waals surface area contributed by atoms with Crippen LogP contribution in [0.5, 0.6) is 0 Å². The molecule has 0 unspecified atom stereocenters. The number of nitrogens with zero attached hydrogens (tertiary/aromatic N) is 12. The molecule has 2 aliphatic rings. The molecule has 0 saturated carbocycles. The minimum absolute atomic E-state index is 0.0239. The van der Waals surface area contributed by atoms with Crippen LogP contribution in [0, 0.1) is 28.7 Å². The highest BCUT2D eigenvalue weighted by molar-refractivity contribution is 8.14. The van der Waals surface area contributed by atoms with E-state index in [4.69, 9.17) is 67.7 Å². The van der Waals surface area contributed by atoms with Crippen LogP contribution in [0.2, 0.25) is 0 Å². The molecule has 124 heavy (non-hydrogen) atoms. The van der Waals surface area contributed by atoms with E-state index in [2.05, 4.69) is 79.0 Å². The number of esters is 2. The maximum atomic E-state index is 13.7. The van der Waals surface area contributed by atoms with Crippen molar-refractivity contribution >= 4 is 135 Å². The average molecular weight is 1720 g/mol. The normalized spacial score (nSPS) is 14.2. The van der Waals surface area contributed by atoms with Crippen LogP contribution >= 0.6 is 23.5 Å². The molecule has 28 heteroatoms. The Bertz CT molecular complexity index is 6230. The second-order valence-electron chi connectivity index (χ2n) is 32.4. The third-order valence-corrected chi connectivity index (χ3v) is 23.2. The maximum absolute atomic E-state index is 13.7. The Morgan fingerprint density at radius 1 is 0.468 bits per heavy atom. The van der Waals surface area contributed by atoms with Gasteiger partial charge in [0.2, 0.25) is 10.2 Å². The van der Waals surface area contributed by atoms with Crippen LogP contribution in [-0.4, -0.2) is 164 Å². The van der Waals surface area contributed by atoms with E-state index in [1.807, 2.05) is 49.9 Å². The molecule has 22 nitrogen and oxygen atoms in total. The first kappa shape index (κ1) is 89.8. The third-order valence-electron chi connectivity index (χ3n) is 20.7. The van der Waals surface area contributed by atoms with E-state index in [1.54, 1.807) is 116 Å². The van der Waals surface area contributed by atoms with E-state index in [-0.39, 0.29) is 75.2 Å². The quantitative estimate of drug-likeness (QED) is 0.0391. The number of ether oxygens (including phenoxy) is 4. The number of carbonyl (C=O) groups is 4. The van der Waals surface area contributed by atoms with Crippen LogP contribution in [-0.2, 0) is 18.9 Å². The molecule has 0 N–H and O–H groups in total. The number of thioether (sulfide) groups is 2. The lowest BCUT2D eigenvalue weighted by Crippen LogP contribution is -2.44. The van der Waals surface area contributed by atoms with Crippen LogP contribution < -0.4 is 19.6 Å². The number of aromatic nitrogens is 8. The summed E-state index contributed by atoms with van der Waals surface area (Å²) in [5.74, 6) is 3.26. The molecule has 8 aromatic carbocycles. The lowest BCUT2D eigenvalue weighted by molar-refractivity contribution is 0.0377. The smallest absolute Gasteiger partial charge is 0.338 e. The van der Waals surface area contributed by atoms with Gasteiger partial charge in [0, 0.05) is 83.8 Å². The summed E-state index contributed by atoms with van der Waals surface area (Å²) < 4.78 is 87.8. The van der Waals surface area contributed by atoms with Crippen molar-refractivity contribution in [1.82, 2.24) is 39.9 Å². The van der Waals surface area contributed by atoms with Crippen LogP contribution in [0.25, 0.3) is 111 Å². The molecule has 0 aliphatic carbocycles. The summed E-state index contributed by atoms with van der Waals surface area (Å²) in [6.07, 6.45) is 1.87. The second kappa shape index (κ2) is 39.7. The van der Waals surface area contributed by atoms with E-state index >= 15 is 0 Å². The predicted octanol–water partition coefficient (Wildman–Crippen LogP) is 21.7. The summed E-state index contributed by atoms with van der Waals surface area (Å²) in [6, 6.07) is 46.6. The molecule has 2 fully saturated rings. The van der Waals surface area contributed by atoms with Crippen molar-refractivity contribution in [3.63, 3.8) is 0 Å². The van der Waals surface area contributed by atoms with Crippen molar-refractivity contribution in [3.05, 3.63) is 215 Å². The van der Waals surface area contributed by atoms with Crippen molar-refractivity contribution < 1.29 is 64.5 Å². The fourth-order valence-electron chi connectivity index (χ4n) is 13.6. The Hall–Kier alpha value is -12.0. The molecular weight excluding hydrogens is 1620 g/mol. The Balaban J connectivity index is 0.000000142. The highest BCUT2D eigenvalue weighted by Crippen LogP contribution is 2.40. The van der Waals surface area contributed by atoms with E-state index in [0.29, 0.717) is 192 Å². The number of unbranched alkanes of at least 4 members (excludes halogenated alkanes) is 1. The predicted molar refractivity (Wildman–Crippen MR) is 486 cm³/mol. The van der Waals surface area contributed by atoms with Crippen molar-refractivity contribution in [2.45, 2.75) is 133 Å². The van der Waals surface area contributed by atoms with Gasteiger partial charge in [-0.1, -0.05) is 57.6 Å². The number of anilines is 4. The molecule has 6 aromatic heterocycles. The molecule has 2 atom stereocenters. The Morgan fingerprint density at radius 2 is 0.855 bits per heavy atom. The number of rotatable bonds is 20. The zero-order valence-electron chi connectivity index (χ0n) is 72.1. The Morgan fingerprint density at radius 3 is 1.25 bits per heavy atom. The Labute approximate surface area is 725 Å². The number of hydrogen-bond donors (Lipinski definition) is 0. The summed E-state index contributed by atoms with van der Waals surface area (Å²) in [4.78, 5) is 96.9. The van der Waals surface area contributed by atoms with Crippen molar-refractivity contribution in [2.24, 2.45) is 5.41 Å². The third kappa shape index (κ3) is 21.6. The topological polar surface area (TPSA) is 248 Å². The van der Waals surface area contributed by atoms with Crippen molar-refractivity contribution in [1.29, 1.82) is 0 Å². The molecule has 2 aliphatic heterocycles. The molecule has 0 amide bonds. The number of morpholine rings is 2. The molecule has 14 aromatic rings. The summed E-state index contributed by atoms with van der Waals surface area (Å²) in [5.41, 5.74) is 12.6. The van der Waals surface area contributed by atoms with Crippen molar-refractivity contribution in [3.8, 4) is 45.4 Å². The molecule has 0 bridgehead atoms. The van der Waals surface area contributed by atoms with Crippen LogP contribution in [0.4, 0.5) is 40.8 Å². The number of fused-ring (bicyclic) bond motifs is 6. The molecule has 8 heterocycles. The van der Waals surface area contributed by atoms with Gasteiger partial charge in [0.25, 0.3) is 0 Å². The largest absolute Gasteiger partial charge is 0.462 e. The van der Waals surface area contributed by atoms with Gasteiger partial charge >= 0.3 is 11.9 Å². The average Bonchev–Trinajstić information content (AvgIpc) is 1.40. The van der Waals surface area contributed by atoms with E-state index < -0.39 is 5.97 Å². The standard InChI is InChI=1S/C26H28FN3O2S.C25H26FN3O2S.C23H24FN3O3.C22H22FN3O3/c1-15(2)30(6)24-23(22-13-17-11-18(27)8-10-21(17)32-22)28-19-9-7-16(12-20(19)29-24)25(31)33-14-26(3,4)5;1-5-6-11-32-25(30)16-7-9-19-20(13-16)28-24(29(4)15(2)3)23(27-19)22-14-17-12-18(26)8-10-21(17)31-22;1-14(2)30-23(28)17-6-9-19-20(12-17)26-22(27-10-11-29-13-15(27)3)21(25-19)16-4-7-18(24)8-5-16;1-3-29-22(27)16-6-9-18-19(12-16)25-21(26-10-11-28-13-14(26)2)20(24-18)15-4-7-17(23)8-5-15/h7-13,15H,14H2,1-6H3;7-10,12-15H,5-6,11H2,1-4H3;4-9,12,14-15H,10-11,13H2,1-3H3;4-9,12,14H,3,10-11,13H2,1-2H3/t;;15-;14-/m..00/s1. The van der Waals surface area contributed by atoms with E-state index in [0.717, 1.165) is 35.5 Å². The van der Waals surface area contributed by atoms with Gasteiger partial charge in [-0.05, 0) is 244 Å². The first-order valence-corrected chi connectivity index (χ1v) is 43.4. The van der Waals surface area contributed by atoms with Gasteiger partial charge in [0.15, 0.2) is 34.8 Å². The second-order valence-corrected chi connectivity index (χ2v) is 34.5. The van der Waals surface area contributed by atoms with Gasteiger partial charge in [0.05, 0.1) is 106 Å². The number of benzene rings is 8. The summed E-state index contributed by atoms with van der Waals surface area (Å²) in [6.45, 7) is 30.2. The minimum Gasteiger partial charge on any atom is -0.462 e. The molecule has 2 saturated heterocycles. The fourth-order valence-corrected chi connectivity index (χ4v) is 15.4. The molecule has 16 rings (SSSR count). The highest BCUT2D eigenvalue weighted by atomic mass is 32.2. The highest BCUT2D eigenvalue weighted by Gasteiger charge is 2.30. The number of halogens is 4. The molecular formula is C96H100F4N12O10S2. The van der Waals surface area contributed by atoms with Crippen molar-refractivity contribution in [2.75, 3.05) is 91.3 Å². The summed E-state index contributed by atoms with van der Waals surface area (Å²) in [5, 5.41) is 1.41. The maximum Gasteiger partial charge on any atom is 0.338 e. The van der Waals surface area contributed by atoms with Crippen LogP contribution in [0.3, 0.4) is 0 Å². The molecule has 644 valence electrons. The lowest BCUT2D eigenvalue weighted by Gasteiger charge is -2.35. The number of furan rings is 2. The van der Waals surface area contributed by atoms with Gasteiger partial charge in [-0.25, -0.2) is 67.0 Å². The van der Waals surface area contributed by atoms with Gasteiger partial charge < -0.3 is 47.4 Å². The molecule has 0 spiro atoms. The minimum atomic E-state index is -0.391. The van der Waals surface area contributed by atoms with E-state index in [9.17, 15) is 36.7 Å².